The van der Waals surface area contributed by atoms with Gasteiger partial charge < -0.3 is 5.11 Å². The molecule has 0 aliphatic carbocycles. The van der Waals surface area contributed by atoms with Crippen LogP contribution in [0.5, 0.6) is 0 Å². The van der Waals surface area contributed by atoms with E-state index in [0.717, 1.165) is 11.4 Å². The third-order valence-electron chi connectivity index (χ3n) is 3.07. The Morgan fingerprint density at radius 1 is 1.33 bits per heavy atom. The fourth-order valence-corrected chi connectivity index (χ4v) is 1.83. The fraction of sp³-hybridized carbons (Fsp3) is 0.538. The lowest BCUT2D eigenvalue weighted by Gasteiger charge is -2.06. The first-order chi connectivity index (χ1) is 8.47. The van der Waals surface area contributed by atoms with Crippen molar-refractivity contribution in [2.24, 2.45) is 7.05 Å². The minimum Gasteiger partial charge on any atom is -0.386 e. The van der Waals surface area contributed by atoms with Gasteiger partial charge in [0.1, 0.15) is 6.10 Å². The highest BCUT2D eigenvalue weighted by Gasteiger charge is 2.14. The van der Waals surface area contributed by atoms with E-state index in [9.17, 15) is 5.11 Å². The van der Waals surface area contributed by atoms with Crippen molar-refractivity contribution >= 4 is 0 Å². The van der Waals surface area contributed by atoms with Crippen LogP contribution >= 0.6 is 0 Å². The van der Waals surface area contributed by atoms with Gasteiger partial charge in [0.05, 0.1) is 11.4 Å². The van der Waals surface area contributed by atoms with Crippen molar-refractivity contribution in [2.45, 2.75) is 39.3 Å². The largest absolute Gasteiger partial charge is 0.386 e. The highest BCUT2D eigenvalue weighted by Crippen LogP contribution is 2.17. The average molecular weight is 248 g/mol. The second kappa shape index (κ2) is 4.94. The third kappa shape index (κ3) is 2.61. The summed E-state index contributed by atoms with van der Waals surface area (Å²) in [7, 11) is 1.87. The fourth-order valence-electron chi connectivity index (χ4n) is 1.83. The van der Waals surface area contributed by atoms with Crippen molar-refractivity contribution in [2.75, 3.05) is 0 Å². The number of aliphatic hydroxyl groups excluding tert-OH is 1. The van der Waals surface area contributed by atoms with E-state index >= 15 is 0 Å². The molecule has 98 valence electrons. The van der Waals surface area contributed by atoms with E-state index in [1.54, 1.807) is 4.68 Å². The molecule has 0 bridgehead atoms. The second-order valence-corrected chi connectivity index (χ2v) is 4.93. The smallest absolute Gasteiger partial charge is 0.103 e. The highest BCUT2D eigenvalue weighted by atomic mass is 16.3. The van der Waals surface area contributed by atoms with E-state index in [0.29, 0.717) is 18.2 Å². The van der Waals surface area contributed by atoms with Crippen LogP contribution in [-0.2, 0) is 13.5 Å². The molecule has 5 heteroatoms. The molecule has 5 nitrogen and oxygen atoms in total. The van der Waals surface area contributed by atoms with Crippen LogP contribution in [0.3, 0.4) is 0 Å². The van der Waals surface area contributed by atoms with Gasteiger partial charge in [-0.1, -0.05) is 0 Å². The molecule has 18 heavy (non-hydrogen) atoms. The van der Waals surface area contributed by atoms with Crippen LogP contribution in [0.2, 0.25) is 0 Å². The predicted octanol–water partition coefficient (Wildman–Crippen LogP) is 1.78. The summed E-state index contributed by atoms with van der Waals surface area (Å²) in [4.78, 5) is 0. The molecular weight excluding hydrogens is 228 g/mol. The molecule has 0 fully saturated rings. The molecule has 0 spiro atoms. The summed E-state index contributed by atoms with van der Waals surface area (Å²) in [5, 5.41) is 18.8. The van der Waals surface area contributed by atoms with Crippen molar-refractivity contribution in [3.63, 3.8) is 0 Å². The van der Waals surface area contributed by atoms with Crippen LogP contribution in [0.25, 0.3) is 0 Å². The summed E-state index contributed by atoms with van der Waals surface area (Å²) in [6.45, 7) is 6.13. The van der Waals surface area contributed by atoms with Gasteiger partial charge in [-0.05, 0) is 32.9 Å². The van der Waals surface area contributed by atoms with Gasteiger partial charge in [0, 0.05) is 31.4 Å². The van der Waals surface area contributed by atoms with Crippen LogP contribution in [-0.4, -0.2) is 24.7 Å². The molecule has 1 atom stereocenters. The van der Waals surface area contributed by atoms with Crippen molar-refractivity contribution in [1.82, 2.24) is 19.6 Å². The number of nitrogens with zero attached hydrogens (tertiary/aromatic N) is 4. The van der Waals surface area contributed by atoms with Gasteiger partial charge in [-0.15, -0.1) is 0 Å². The third-order valence-corrected chi connectivity index (χ3v) is 3.07. The van der Waals surface area contributed by atoms with Crippen LogP contribution in [0.4, 0.5) is 0 Å². The maximum absolute atomic E-state index is 10.1. The maximum Gasteiger partial charge on any atom is 0.103 e. The normalized spacial score (nSPS) is 13.2. The van der Waals surface area contributed by atoms with Crippen molar-refractivity contribution in [3.05, 3.63) is 35.4 Å². The molecule has 2 aromatic heterocycles. The topological polar surface area (TPSA) is 55.9 Å². The Hall–Kier alpha value is -1.62. The summed E-state index contributed by atoms with van der Waals surface area (Å²) in [6, 6.07) is 4.19. The van der Waals surface area contributed by atoms with Gasteiger partial charge in [0.2, 0.25) is 0 Å². The van der Waals surface area contributed by atoms with Gasteiger partial charge in [-0.3, -0.25) is 9.36 Å². The van der Waals surface area contributed by atoms with Gasteiger partial charge in [-0.25, -0.2) is 0 Å². The molecule has 2 aromatic rings. The maximum atomic E-state index is 10.1. The molecule has 0 aliphatic rings. The standard InChI is InChI=1S/C13H20N4O/c1-9(2)17-6-5-11(14-17)8-13(18)12-7-10(3)16(4)15-12/h5-7,9,13,18H,8H2,1-4H3. The Labute approximate surface area is 107 Å². The summed E-state index contributed by atoms with van der Waals surface area (Å²) >= 11 is 0. The molecule has 1 unspecified atom stereocenters. The zero-order valence-corrected chi connectivity index (χ0v) is 11.3. The lowest BCUT2D eigenvalue weighted by molar-refractivity contribution is 0.171. The number of hydrogen-bond acceptors (Lipinski definition) is 3. The van der Waals surface area contributed by atoms with Crippen LogP contribution < -0.4 is 0 Å². The number of aromatic nitrogens is 4. The van der Waals surface area contributed by atoms with Crippen LogP contribution in [0.15, 0.2) is 18.3 Å². The number of rotatable bonds is 4. The van der Waals surface area contributed by atoms with Gasteiger partial charge in [0.15, 0.2) is 0 Å². The lowest BCUT2D eigenvalue weighted by Crippen LogP contribution is -2.06. The Morgan fingerprint density at radius 2 is 2.06 bits per heavy atom. The van der Waals surface area contributed by atoms with Crippen LogP contribution in [0.1, 0.15) is 43.1 Å². The van der Waals surface area contributed by atoms with E-state index in [2.05, 4.69) is 24.0 Å². The molecule has 0 saturated carbocycles. The summed E-state index contributed by atoms with van der Waals surface area (Å²) in [5.74, 6) is 0. The summed E-state index contributed by atoms with van der Waals surface area (Å²) < 4.78 is 3.66. The van der Waals surface area contributed by atoms with Gasteiger partial charge in [0.25, 0.3) is 0 Å². The first-order valence-electron chi connectivity index (χ1n) is 6.20. The highest BCUT2D eigenvalue weighted by molar-refractivity contribution is 5.13. The van der Waals surface area contributed by atoms with Crippen molar-refractivity contribution < 1.29 is 5.11 Å². The molecule has 2 heterocycles. The molecule has 0 amide bonds. The molecule has 0 aromatic carbocycles. The van der Waals surface area contributed by atoms with E-state index in [-0.39, 0.29) is 0 Å². The SMILES string of the molecule is Cc1cc(C(O)Cc2ccn(C(C)C)n2)nn1C. The van der Waals surface area contributed by atoms with E-state index < -0.39 is 6.10 Å². The molecular formula is C13H20N4O. The molecule has 0 saturated heterocycles. The molecule has 1 N–H and O–H groups in total. The van der Waals surface area contributed by atoms with E-state index in [1.165, 1.54) is 0 Å². The average Bonchev–Trinajstić information content (AvgIpc) is 2.87. The number of aryl methyl sites for hydroxylation is 2. The minimum atomic E-state index is -0.597. The number of aliphatic hydroxyl groups is 1. The van der Waals surface area contributed by atoms with Gasteiger partial charge in [-0.2, -0.15) is 10.2 Å². The monoisotopic (exact) mass is 248 g/mol. The quantitative estimate of drug-likeness (QED) is 0.897. The summed E-state index contributed by atoms with van der Waals surface area (Å²) in [5.41, 5.74) is 2.63. The van der Waals surface area contributed by atoms with Crippen molar-refractivity contribution in [3.8, 4) is 0 Å². The van der Waals surface area contributed by atoms with E-state index in [4.69, 9.17) is 0 Å². The first-order valence-corrected chi connectivity index (χ1v) is 6.20. The Balaban J connectivity index is 2.08. The zero-order valence-electron chi connectivity index (χ0n) is 11.3. The van der Waals surface area contributed by atoms with Crippen LogP contribution in [0, 0.1) is 6.92 Å². The Morgan fingerprint density at radius 3 is 2.56 bits per heavy atom. The first kappa shape index (κ1) is 12.8. The lowest BCUT2D eigenvalue weighted by atomic mass is 10.1. The Kier molecular flexibility index (Phi) is 3.52. The van der Waals surface area contributed by atoms with E-state index in [1.807, 2.05) is 37.0 Å². The van der Waals surface area contributed by atoms with Crippen molar-refractivity contribution in [1.29, 1.82) is 0 Å². The minimum absolute atomic E-state index is 0.341. The molecule has 0 aliphatic heterocycles. The molecule has 2 rings (SSSR count). The number of hydrogen-bond donors (Lipinski definition) is 1. The van der Waals surface area contributed by atoms with Gasteiger partial charge >= 0.3 is 0 Å². The molecule has 0 radical (unpaired) electrons. The second-order valence-electron chi connectivity index (χ2n) is 4.93. The Bertz CT molecular complexity index is 507. The summed E-state index contributed by atoms with van der Waals surface area (Å²) in [6.07, 6.45) is 1.84. The zero-order chi connectivity index (χ0) is 13.3. The predicted molar refractivity (Wildman–Crippen MR) is 69.2 cm³/mol.